The van der Waals surface area contributed by atoms with Crippen LogP contribution < -0.4 is 5.32 Å². The Balaban J connectivity index is 2.18. The molecule has 0 saturated heterocycles. The van der Waals surface area contributed by atoms with Crippen LogP contribution in [0.15, 0.2) is 24.3 Å². The van der Waals surface area contributed by atoms with E-state index in [-0.39, 0.29) is 11.5 Å². The summed E-state index contributed by atoms with van der Waals surface area (Å²) in [7, 11) is 0. The largest absolute Gasteiger partial charge is 0.480 e. The lowest BCUT2D eigenvalue weighted by molar-refractivity contribution is -0.150. The molecule has 3 atom stereocenters. The molecule has 0 spiro atoms. The summed E-state index contributed by atoms with van der Waals surface area (Å²) in [6.07, 6.45) is 2.37. The van der Waals surface area contributed by atoms with Gasteiger partial charge in [-0.15, -0.1) is 11.6 Å². The molecule has 1 amide bonds. The van der Waals surface area contributed by atoms with E-state index in [0.717, 1.165) is 12.8 Å². The Labute approximate surface area is 133 Å². The first kappa shape index (κ1) is 16.7. The van der Waals surface area contributed by atoms with Crippen molar-refractivity contribution in [1.29, 1.82) is 0 Å². The Morgan fingerprint density at radius 1 is 1.45 bits per heavy atom. The van der Waals surface area contributed by atoms with Gasteiger partial charge in [0.1, 0.15) is 16.7 Å². The fourth-order valence-corrected chi connectivity index (χ4v) is 3.27. The van der Waals surface area contributed by atoms with Crippen molar-refractivity contribution in [2.75, 3.05) is 0 Å². The molecule has 0 aromatic heterocycles. The third kappa shape index (κ3) is 3.40. The van der Waals surface area contributed by atoms with Crippen molar-refractivity contribution >= 4 is 23.5 Å². The van der Waals surface area contributed by atoms with Gasteiger partial charge in [-0.25, -0.2) is 9.18 Å². The molecule has 0 bridgehead atoms. The summed E-state index contributed by atoms with van der Waals surface area (Å²) in [5.41, 5.74) is -1.27. The van der Waals surface area contributed by atoms with Crippen LogP contribution in [0.1, 0.15) is 43.5 Å². The van der Waals surface area contributed by atoms with E-state index in [0.29, 0.717) is 12.8 Å². The number of nitrogens with one attached hydrogen (secondary N) is 1. The summed E-state index contributed by atoms with van der Waals surface area (Å²) < 4.78 is 13.7. The van der Waals surface area contributed by atoms with Crippen LogP contribution in [0.2, 0.25) is 0 Å². The highest BCUT2D eigenvalue weighted by Crippen LogP contribution is 2.34. The Kier molecular flexibility index (Phi) is 5.06. The Hall–Kier alpha value is -1.62. The van der Waals surface area contributed by atoms with Crippen molar-refractivity contribution in [3.05, 3.63) is 35.6 Å². The molecule has 4 nitrogen and oxygen atoms in total. The molecule has 120 valence electrons. The van der Waals surface area contributed by atoms with E-state index in [4.69, 9.17) is 11.6 Å². The number of carboxylic acids is 1. The van der Waals surface area contributed by atoms with Crippen LogP contribution in [0, 0.1) is 11.7 Å². The molecule has 6 heteroatoms. The molecule has 0 heterocycles. The summed E-state index contributed by atoms with van der Waals surface area (Å²) in [6, 6.07) is 5.72. The summed E-state index contributed by atoms with van der Waals surface area (Å²) in [6.45, 7) is 1.96. The fourth-order valence-electron chi connectivity index (χ4n) is 3.03. The van der Waals surface area contributed by atoms with E-state index in [1.165, 1.54) is 18.2 Å². The number of halogens is 2. The maximum atomic E-state index is 13.7. The highest BCUT2D eigenvalue weighted by atomic mass is 35.5. The predicted molar refractivity (Wildman–Crippen MR) is 81.1 cm³/mol. The number of amides is 1. The average Bonchev–Trinajstić information content (AvgIpc) is 2.46. The number of rotatable bonds is 4. The highest BCUT2D eigenvalue weighted by Gasteiger charge is 2.44. The number of carbonyl (C=O) groups is 2. The van der Waals surface area contributed by atoms with Crippen LogP contribution in [-0.2, 0) is 9.59 Å². The fraction of sp³-hybridized carbons (Fsp3) is 0.500. The van der Waals surface area contributed by atoms with Gasteiger partial charge in [0, 0.05) is 5.56 Å². The topological polar surface area (TPSA) is 66.4 Å². The van der Waals surface area contributed by atoms with E-state index in [1.807, 2.05) is 6.92 Å². The van der Waals surface area contributed by atoms with E-state index in [9.17, 15) is 19.1 Å². The van der Waals surface area contributed by atoms with Gasteiger partial charge in [-0.05, 0) is 24.8 Å². The summed E-state index contributed by atoms with van der Waals surface area (Å²) in [4.78, 5) is 24.0. The molecule has 0 radical (unpaired) electrons. The van der Waals surface area contributed by atoms with Gasteiger partial charge in [-0.3, -0.25) is 4.79 Å². The van der Waals surface area contributed by atoms with Crippen LogP contribution in [0.4, 0.5) is 4.39 Å². The molecule has 2 N–H and O–H groups in total. The first-order valence-corrected chi connectivity index (χ1v) is 7.73. The maximum absolute atomic E-state index is 13.7. The summed E-state index contributed by atoms with van der Waals surface area (Å²) in [5.74, 6) is -2.13. The molecule has 1 saturated carbocycles. The molecule has 1 aromatic rings. The third-order valence-corrected chi connectivity index (χ3v) is 4.61. The minimum Gasteiger partial charge on any atom is -0.480 e. The standard InChI is InChI=1S/C16H19ClFNO3/c1-10-5-4-8-16(9-10,15(21)22)19-14(20)13(17)11-6-2-3-7-12(11)18/h2-3,6-7,10,13H,4-5,8-9H2,1H3,(H,19,20)(H,21,22). The lowest BCUT2D eigenvalue weighted by Gasteiger charge is -2.37. The van der Waals surface area contributed by atoms with Gasteiger partial charge >= 0.3 is 5.97 Å². The first-order valence-electron chi connectivity index (χ1n) is 7.29. The third-order valence-electron chi connectivity index (χ3n) is 4.18. The normalized spacial score (nSPS) is 26.2. The van der Waals surface area contributed by atoms with Gasteiger partial charge < -0.3 is 10.4 Å². The lowest BCUT2D eigenvalue weighted by atomic mass is 9.76. The van der Waals surface area contributed by atoms with Gasteiger partial charge in [0.2, 0.25) is 5.91 Å². The van der Waals surface area contributed by atoms with Crippen molar-refractivity contribution < 1.29 is 19.1 Å². The molecule has 2 rings (SSSR count). The average molecular weight is 328 g/mol. The molecular weight excluding hydrogens is 309 g/mol. The number of benzene rings is 1. The van der Waals surface area contributed by atoms with Crippen molar-refractivity contribution in [1.82, 2.24) is 5.32 Å². The van der Waals surface area contributed by atoms with Gasteiger partial charge in [-0.1, -0.05) is 38.0 Å². The number of hydrogen-bond donors (Lipinski definition) is 2. The van der Waals surface area contributed by atoms with Gasteiger partial charge in [-0.2, -0.15) is 0 Å². The zero-order chi connectivity index (χ0) is 16.3. The van der Waals surface area contributed by atoms with Crippen molar-refractivity contribution in [3.8, 4) is 0 Å². The second kappa shape index (κ2) is 6.65. The number of alkyl halides is 1. The Bertz CT molecular complexity index is 580. The molecular formula is C16H19ClFNO3. The zero-order valence-electron chi connectivity index (χ0n) is 12.3. The summed E-state index contributed by atoms with van der Waals surface area (Å²) in [5, 5.41) is 10.8. The monoisotopic (exact) mass is 327 g/mol. The maximum Gasteiger partial charge on any atom is 0.329 e. The van der Waals surface area contributed by atoms with Gasteiger partial charge in [0.05, 0.1) is 0 Å². The molecule has 1 aliphatic carbocycles. The van der Waals surface area contributed by atoms with Gasteiger partial charge in [0.25, 0.3) is 0 Å². The van der Waals surface area contributed by atoms with Crippen molar-refractivity contribution in [2.24, 2.45) is 5.92 Å². The molecule has 0 aliphatic heterocycles. The lowest BCUT2D eigenvalue weighted by Crippen LogP contribution is -2.57. The molecule has 1 aromatic carbocycles. The van der Waals surface area contributed by atoms with Crippen molar-refractivity contribution in [3.63, 3.8) is 0 Å². The van der Waals surface area contributed by atoms with Gasteiger partial charge in [0.15, 0.2) is 0 Å². The minimum atomic E-state index is -1.31. The molecule has 1 fully saturated rings. The molecule has 1 aliphatic rings. The van der Waals surface area contributed by atoms with Crippen molar-refractivity contribution in [2.45, 2.75) is 43.5 Å². The second-order valence-electron chi connectivity index (χ2n) is 5.96. The van der Waals surface area contributed by atoms with E-state index in [1.54, 1.807) is 6.07 Å². The predicted octanol–water partition coefficient (Wildman–Crippen LogP) is 3.26. The number of hydrogen-bond acceptors (Lipinski definition) is 2. The van der Waals surface area contributed by atoms with Crippen LogP contribution in [-0.4, -0.2) is 22.5 Å². The smallest absolute Gasteiger partial charge is 0.329 e. The number of aliphatic carboxylic acids is 1. The minimum absolute atomic E-state index is 0.0473. The van der Waals surface area contributed by atoms with E-state index in [2.05, 4.69) is 5.32 Å². The van der Waals surface area contributed by atoms with Crippen LogP contribution in [0.25, 0.3) is 0 Å². The number of carboxylic acid groups (broad SMARTS) is 1. The summed E-state index contributed by atoms with van der Waals surface area (Å²) >= 11 is 6.04. The highest BCUT2D eigenvalue weighted by molar-refractivity contribution is 6.31. The van der Waals surface area contributed by atoms with E-state index >= 15 is 0 Å². The Morgan fingerprint density at radius 2 is 2.14 bits per heavy atom. The quantitative estimate of drug-likeness (QED) is 0.834. The molecule has 3 unspecified atom stereocenters. The van der Waals surface area contributed by atoms with Crippen LogP contribution in [0.3, 0.4) is 0 Å². The number of carbonyl (C=O) groups excluding carboxylic acids is 1. The SMILES string of the molecule is CC1CCCC(NC(=O)C(Cl)c2ccccc2F)(C(=O)O)C1. The van der Waals surface area contributed by atoms with E-state index < -0.39 is 28.6 Å². The zero-order valence-corrected chi connectivity index (χ0v) is 13.1. The first-order chi connectivity index (χ1) is 10.4. The van der Waals surface area contributed by atoms with Crippen LogP contribution in [0.5, 0.6) is 0 Å². The molecule has 22 heavy (non-hydrogen) atoms. The Morgan fingerprint density at radius 3 is 2.73 bits per heavy atom. The second-order valence-corrected chi connectivity index (χ2v) is 6.40. The van der Waals surface area contributed by atoms with Crippen LogP contribution >= 0.6 is 11.6 Å².